The van der Waals surface area contributed by atoms with Crippen LogP contribution in [0.1, 0.15) is 0 Å². The van der Waals surface area contributed by atoms with Crippen LogP contribution < -0.4 is 14.8 Å². The van der Waals surface area contributed by atoms with Gasteiger partial charge in [0.2, 0.25) is 0 Å². The number of hydrogen-bond acceptors (Lipinski definition) is 3. The Morgan fingerprint density at radius 1 is 1.56 bits per heavy atom. The maximum Gasteiger partial charge on any atom is 0.409 e. The van der Waals surface area contributed by atoms with Crippen LogP contribution in [0.25, 0.3) is 0 Å². The maximum absolute atomic E-state index is 10.4. The van der Waals surface area contributed by atoms with Crippen LogP contribution in [0.2, 0.25) is 0 Å². The number of carboxylic acid groups (broad SMARTS) is 1. The summed E-state index contributed by atoms with van der Waals surface area (Å²) in [6.45, 7) is 3.85. The number of anilines is 1. The van der Waals surface area contributed by atoms with E-state index in [4.69, 9.17) is 14.6 Å². The third kappa shape index (κ3) is 3.20. The zero-order chi connectivity index (χ0) is 12.0. The van der Waals surface area contributed by atoms with Crippen LogP contribution in [0.5, 0.6) is 11.5 Å². The number of carbonyl (C=O) groups is 1. The second-order valence-corrected chi connectivity index (χ2v) is 2.90. The summed E-state index contributed by atoms with van der Waals surface area (Å²) in [5.74, 6) is 1.01. The molecule has 0 atom stereocenters. The first-order chi connectivity index (χ1) is 7.67. The van der Waals surface area contributed by atoms with Crippen LogP contribution in [0.15, 0.2) is 30.9 Å². The van der Waals surface area contributed by atoms with Gasteiger partial charge in [0.1, 0.15) is 6.61 Å². The van der Waals surface area contributed by atoms with Gasteiger partial charge in [0.25, 0.3) is 0 Å². The largest absolute Gasteiger partial charge is 0.493 e. The molecule has 0 bridgehead atoms. The van der Waals surface area contributed by atoms with E-state index in [0.29, 0.717) is 23.8 Å². The van der Waals surface area contributed by atoms with E-state index in [0.717, 1.165) is 0 Å². The van der Waals surface area contributed by atoms with Gasteiger partial charge >= 0.3 is 6.09 Å². The molecule has 0 aliphatic carbocycles. The quantitative estimate of drug-likeness (QED) is 0.752. The second kappa shape index (κ2) is 5.65. The van der Waals surface area contributed by atoms with Crippen LogP contribution in [0, 0.1) is 0 Å². The first-order valence-corrected chi connectivity index (χ1v) is 4.59. The highest BCUT2D eigenvalue weighted by molar-refractivity contribution is 5.83. The minimum atomic E-state index is -1.13. The van der Waals surface area contributed by atoms with Crippen LogP contribution in [0.4, 0.5) is 10.5 Å². The zero-order valence-electron chi connectivity index (χ0n) is 8.90. The van der Waals surface area contributed by atoms with E-state index >= 15 is 0 Å². The van der Waals surface area contributed by atoms with Crippen molar-refractivity contribution >= 4 is 11.8 Å². The molecule has 0 unspecified atom stereocenters. The van der Waals surface area contributed by atoms with Crippen LogP contribution in [-0.2, 0) is 0 Å². The lowest BCUT2D eigenvalue weighted by atomic mass is 10.3. The predicted molar refractivity (Wildman–Crippen MR) is 60.3 cm³/mol. The van der Waals surface area contributed by atoms with Crippen molar-refractivity contribution in [3.8, 4) is 11.5 Å². The molecule has 16 heavy (non-hydrogen) atoms. The monoisotopic (exact) mass is 223 g/mol. The van der Waals surface area contributed by atoms with E-state index in [2.05, 4.69) is 11.9 Å². The van der Waals surface area contributed by atoms with Gasteiger partial charge in [-0.2, -0.15) is 0 Å². The minimum Gasteiger partial charge on any atom is -0.493 e. The van der Waals surface area contributed by atoms with E-state index in [1.54, 1.807) is 24.3 Å². The molecule has 1 rings (SSSR count). The molecule has 0 fully saturated rings. The third-order valence-electron chi connectivity index (χ3n) is 1.77. The van der Waals surface area contributed by atoms with E-state index in [9.17, 15) is 4.79 Å². The fraction of sp³-hybridized carbons (Fsp3) is 0.182. The summed E-state index contributed by atoms with van der Waals surface area (Å²) in [5.41, 5.74) is 0.423. The molecule has 0 aromatic heterocycles. The average molecular weight is 223 g/mol. The Kier molecular flexibility index (Phi) is 4.20. The molecule has 0 heterocycles. The summed E-state index contributed by atoms with van der Waals surface area (Å²) < 4.78 is 10.4. The summed E-state index contributed by atoms with van der Waals surface area (Å²) in [5, 5.41) is 10.8. The highest BCUT2D eigenvalue weighted by atomic mass is 16.5. The molecule has 1 aromatic carbocycles. The van der Waals surface area contributed by atoms with Crippen molar-refractivity contribution in [2.75, 3.05) is 19.0 Å². The van der Waals surface area contributed by atoms with Crippen molar-refractivity contribution in [2.45, 2.75) is 0 Å². The zero-order valence-corrected chi connectivity index (χ0v) is 8.90. The normalized spacial score (nSPS) is 9.31. The molecule has 0 radical (unpaired) electrons. The lowest BCUT2D eigenvalue weighted by Crippen LogP contribution is -2.07. The number of methoxy groups -OCH3 is 1. The molecule has 0 spiro atoms. The number of nitrogens with one attached hydrogen (secondary N) is 1. The third-order valence-corrected chi connectivity index (χ3v) is 1.77. The van der Waals surface area contributed by atoms with Crippen molar-refractivity contribution in [2.24, 2.45) is 0 Å². The van der Waals surface area contributed by atoms with Crippen LogP contribution in [0.3, 0.4) is 0 Å². The van der Waals surface area contributed by atoms with Gasteiger partial charge in [0, 0.05) is 11.8 Å². The van der Waals surface area contributed by atoms with E-state index in [-0.39, 0.29) is 0 Å². The van der Waals surface area contributed by atoms with Gasteiger partial charge in [0.05, 0.1) is 7.11 Å². The first-order valence-electron chi connectivity index (χ1n) is 4.59. The summed E-state index contributed by atoms with van der Waals surface area (Å²) in [4.78, 5) is 10.4. The average Bonchev–Trinajstić information content (AvgIpc) is 2.25. The fourth-order valence-electron chi connectivity index (χ4n) is 1.14. The molecule has 1 aromatic rings. The Bertz CT molecular complexity index is 390. The van der Waals surface area contributed by atoms with Crippen molar-refractivity contribution in [1.29, 1.82) is 0 Å². The number of ether oxygens (including phenoxy) is 2. The number of rotatable bonds is 5. The van der Waals surface area contributed by atoms with Gasteiger partial charge in [-0.1, -0.05) is 12.7 Å². The Hall–Kier alpha value is -2.17. The summed E-state index contributed by atoms with van der Waals surface area (Å²) >= 11 is 0. The van der Waals surface area contributed by atoms with E-state index < -0.39 is 6.09 Å². The number of hydrogen-bond donors (Lipinski definition) is 2. The molecule has 0 saturated heterocycles. The fourth-order valence-corrected chi connectivity index (χ4v) is 1.14. The Balaban J connectivity index is 2.91. The maximum atomic E-state index is 10.4. The predicted octanol–water partition coefficient (Wildman–Crippen LogP) is 2.35. The molecule has 5 heteroatoms. The van der Waals surface area contributed by atoms with Crippen LogP contribution >= 0.6 is 0 Å². The minimum absolute atomic E-state index is 0.326. The molecule has 0 saturated carbocycles. The number of benzene rings is 1. The molecule has 0 aliphatic heterocycles. The van der Waals surface area contributed by atoms with Gasteiger partial charge in [-0.15, -0.1) is 0 Å². The van der Waals surface area contributed by atoms with Gasteiger partial charge in [-0.25, -0.2) is 4.79 Å². The first kappa shape index (κ1) is 11.9. The van der Waals surface area contributed by atoms with Crippen molar-refractivity contribution < 1.29 is 19.4 Å². The number of amides is 1. The Labute approximate surface area is 93.3 Å². The van der Waals surface area contributed by atoms with Crippen molar-refractivity contribution in [1.82, 2.24) is 0 Å². The summed E-state index contributed by atoms with van der Waals surface area (Å²) in [6, 6.07) is 4.77. The molecule has 86 valence electrons. The Morgan fingerprint density at radius 2 is 2.31 bits per heavy atom. The van der Waals surface area contributed by atoms with Gasteiger partial charge in [-0.05, 0) is 12.1 Å². The Morgan fingerprint density at radius 3 is 2.88 bits per heavy atom. The molecular weight excluding hydrogens is 210 g/mol. The molecular formula is C11H13NO4. The van der Waals surface area contributed by atoms with E-state index in [1.807, 2.05) is 0 Å². The SMILES string of the molecule is C=CCOc1cc(NC(=O)O)ccc1OC. The molecule has 0 aliphatic rings. The van der Waals surface area contributed by atoms with Crippen LogP contribution in [-0.4, -0.2) is 24.9 Å². The molecule has 1 amide bonds. The lowest BCUT2D eigenvalue weighted by molar-refractivity contribution is 0.209. The second-order valence-electron chi connectivity index (χ2n) is 2.90. The van der Waals surface area contributed by atoms with Gasteiger partial charge in [-0.3, -0.25) is 5.32 Å². The van der Waals surface area contributed by atoms with Crippen molar-refractivity contribution in [3.05, 3.63) is 30.9 Å². The highest BCUT2D eigenvalue weighted by Gasteiger charge is 2.06. The smallest absolute Gasteiger partial charge is 0.409 e. The van der Waals surface area contributed by atoms with Gasteiger partial charge < -0.3 is 14.6 Å². The van der Waals surface area contributed by atoms with Crippen molar-refractivity contribution in [3.63, 3.8) is 0 Å². The molecule has 5 nitrogen and oxygen atoms in total. The molecule has 2 N–H and O–H groups in total. The van der Waals surface area contributed by atoms with E-state index in [1.165, 1.54) is 7.11 Å². The van der Waals surface area contributed by atoms with Gasteiger partial charge in [0.15, 0.2) is 11.5 Å². The lowest BCUT2D eigenvalue weighted by Gasteiger charge is -2.10. The summed E-state index contributed by atoms with van der Waals surface area (Å²) in [7, 11) is 1.51. The summed E-state index contributed by atoms with van der Waals surface area (Å²) in [6.07, 6.45) is 0.469. The topological polar surface area (TPSA) is 67.8 Å². The standard InChI is InChI=1S/C11H13NO4/c1-3-6-16-10-7-8(12-11(13)14)4-5-9(10)15-2/h3-5,7,12H,1,6H2,2H3,(H,13,14). The highest BCUT2D eigenvalue weighted by Crippen LogP contribution is 2.30.